The Morgan fingerprint density at radius 2 is 2.03 bits per heavy atom. The van der Waals surface area contributed by atoms with Gasteiger partial charge in [-0.15, -0.1) is 11.8 Å². The SMILES string of the molecule is COc1ccc(/C=N/NC(=O)c2ccn(Cc3ccc(Cl)cc3Cl)n2)cc1CSc1ccccn1. The van der Waals surface area contributed by atoms with E-state index in [-0.39, 0.29) is 5.69 Å². The number of amides is 1. The van der Waals surface area contributed by atoms with E-state index in [1.54, 1.807) is 60.4 Å². The summed E-state index contributed by atoms with van der Waals surface area (Å²) in [6.45, 7) is 0.414. The molecular formula is C25H21Cl2N5O2S. The average Bonchev–Trinajstić information content (AvgIpc) is 3.34. The third-order valence-corrected chi connectivity index (χ3v) is 6.50. The molecule has 35 heavy (non-hydrogen) atoms. The maximum absolute atomic E-state index is 12.5. The second-order valence-corrected chi connectivity index (χ2v) is 9.20. The molecule has 0 radical (unpaired) electrons. The van der Waals surface area contributed by atoms with E-state index in [0.29, 0.717) is 22.3 Å². The third kappa shape index (κ3) is 6.85. The zero-order valence-electron chi connectivity index (χ0n) is 18.7. The first-order valence-electron chi connectivity index (χ1n) is 10.5. The van der Waals surface area contributed by atoms with Crippen LogP contribution in [0.15, 0.2) is 83.2 Å². The molecule has 4 rings (SSSR count). The summed E-state index contributed by atoms with van der Waals surface area (Å²) >= 11 is 13.8. The summed E-state index contributed by atoms with van der Waals surface area (Å²) in [5, 5.41) is 10.4. The molecule has 0 aliphatic heterocycles. The molecule has 0 spiro atoms. The minimum atomic E-state index is -0.415. The maximum Gasteiger partial charge on any atom is 0.291 e. The fourth-order valence-electron chi connectivity index (χ4n) is 3.19. The normalized spacial score (nSPS) is 11.1. The number of ether oxygens (including phenoxy) is 1. The quantitative estimate of drug-likeness (QED) is 0.172. The van der Waals surface area contributed by atoms with Gasteiger partial charge in [-0.1, -0.05) is 35.3 Å². The molecule has 0 atom stereocenters. The van der Waals surface area contributed by atoms with E-state index in [2.05, 4.69) is 20.6 Å². The molecule has 0 bridgehead atoms. The summed E-state index contributed by atoms with van der Waals surface area (Å²) in [6.07, 6.45) is 5.05. The second kappa shape index (κ2) is 11.9. The van der Waals surface area contributed by atoms with E-state index in [4.69, 9.17) is 27.9 Å². The molecule has 0 fully saturated rings. The van der Waals surface area contributed by atoms with Gasteiger partial charge < -0.3 is 4.74 Å². The van der Waals surface area contributed by atoms with E-state index in [0.717, 1.165) is 27.5 Å². The van der Waals surface area contributed by atoms with Crippen molar-refractivity contribution in [3.05, 3.63) is 105 Å². The largest absolute Gasteiger partial charge is 0.496 e. The summed E-state index contributed by atoms with van der Waals surface area (Å²) in [6, 6.07) is 18.4. The fraction of sp³-hybridized carbons (Fsp3) is 0.120. The van der Waals surface area contributed by atoms with Crippen LogP contribution >= 0.6 is 35.0 Å². The van der Waals surface area contributed by atoms with Crippen molar-refractivity contribution in [2.75, 3.05) is 7.11 Å². The van der Waals surface area contributed by atoms with Crippen molar-refractivity contribution in [2.45, 2.75) is 17.3 Å². The van der Waals surface area contributed by atoms with Gasteiger partial charge in [-0.2, -0.15) is 10.2 Å². The zero-order chi connectivity index (χ0) is 24.6. The summed E-state index contributed by atoms with van der Waals surface area (Å²) in [5.41, 5.74) is 5.43. The van der Waals surface area contributed by atoms with Crippen LogP contribution in [-0.4, -0.2) is 34.0 Å². The lowest BCUT2D eigenvalue weighted by molar-refractivity contribution is 0.0949. The van der Waals surface area contributed by atoms with Crippen molar-refractivity contribution in [1.29, 1.82) is 0 Å². The summed E-state index contributed by atoms with van der Waals surface area (Å²) in [4.78, 5) is 16.8. The van der Waals surface area contributed by atoms with E-state index in [9.17, 15) is 4.79 Å². The lowest BCUT2D eigenvalue weighted by Gasteiger charge is -2.09. The van der Waals surface area contributed by atoms with Crippen LogP contribution in [-0.2, 0) is 12.3 Å². The van der Waals surface area contributed by atoms with E-state index < -0.39 is 5.91 Å². The highest BCUT2D eigenvalue weighted by atomic mass is 35.5. The van der Waals surface area contributed by atoms with Crippen LogP contribution in [0.25, 0.3) is 0 Å². The van der Waals surface area contributed by atoms with Crippen LogP contribution < -0.4 is 10.2 Å². The van der Waals surface area contributed by atoms with E-state index in [1.165, 1.54) is 0 Å². The lowest BCUT2D eigenvalue weighted by atomic mass is 10.1. The molecule has 0 aliphatic carbocycles. The Balaban J connectivity index is 1.36. The Bertz CT molecular complexity index is 1340. The predicted molar refractivity (Wildman–Crippen MR) is 140 cm³/mol. The van der Waals surface area contributed by atoms with Crippen molar-refractivity contribution in [1.82, 2.24) is 20.2 Å². The van der Waals surface area contributed by atoms with Crippen LogP contribution in [0.5, 0.6) is 5.75 Å². The van der Waals surface area contributed by atoms with Gasteiger partial charge >= 0.3 is 0 Å². The monoisotopic (exact) mass is 525 g/mol. The Hall–Kier alpha value is -3.33. The highest BCUT2D eigenvalue weighted by molar-refractivity contribution is 7.98. The topological polar surface area (TPSA) is 81.4 Å². The van der Waals surface area contributed by atoms with Crippen LogP contribution in [0.3, 0.4) is 0 Å². The van der Waals surface area contributed by atoms with E-state index in [1.807, 2.05) is 42.5 Å². The Kier molecular flexibility index (Phi) is 8.41. The number of hydrogen-bond acceptors (Lipinski definition) is 6. The van der Waals surface area contributed by atoms with Crippen LogP contribution in [0.2, 0.25) is 10.0 Å². The standard InChI is InChI=1S/C25H21Cl2N5O2S/c1-34-23-8-5-17(12-19(23)16-35-24-4-2-3-10-28-24)14-29-30-25(33)22-9-11-32(31-22)15-18-6-7-20(26)13-21(18)27/h2-14H,15-16H2,1H3,(H,30,33)/b29-14+. The van der Waals surface area contributed by atoms with Gasteiger partial charge in [-0.25, -0.2) is 10.4 Å². The van der Waals surface area contributed by atoms with Crippen LogP contribution in [0, 0.1) is 0 Å². The predicted octanol–water partition coefficient (Wildman–Crippen LogP) is 5.70. The number of carbonyl (C=O) groups is 1. The van der Waals surface area contributed by atoms with Gasteiger partial charge in [0.2, 0.25) is 0 Å². The van der Waals surface area contributed by atoms with Gasteiger partial charge in [0, 0.05) is 33.8 Å². The lowest BCUT2D eigenvalue weighted by Crippen LogP contribution is -2.18. The molecule has 7 nitrogen and oxygen atoms in total. The highest BCUT2D eigenvalue weighted by Crippen LogP contribution is 2.27. The summed E-state index contributed by atoms with van der Waals surface area (Å²) < 4.78 is 7.10. The smallest absolute Gasteiger partial charge is 0.291 e. The molecular weight excluding hydrogens is 505 g/mol. The molecule has 10 heteroatoms. The minimum absolute atomic E-state index is 0.245. The van der Waals surface area contributed by atoms with Gasteiger partial charge in [-0.05, 0) is 59.7 Å². The fourth-order valence-corrected chi connectivity index (χ4v) is 4.50. The highest BCUT2D eigenvalue weighted by Gasteiger charge is 2.10. The number of aromatic nitrogens is 3. The van der Waals surface area contributed by atoms with Crippen LogP contribution in [0.4, 0.5) is 0 Å². The number of benzene rings is 2. The Morgan fingerprint density at radius 1 is 1.14 bits per heavy atom. The molecule has 4 aromatic rings. The van der Waals surface area contributed by atoms with Crippen molar-refractivity contribution in [2.24, 2.45) is 5.10 Å². The summed E-state index contributed by atoms with van der Waals surface area (Å²) in [5.74, 6) is 1.05. The van der Waals surface area contributed by atoms with Gasteiger partial charge in [0.25, 0.3) is 5.91 Å². The number of methoxy groups -OCH3 is 1. The molecule has 2 heterocycles. The summed E-state index contributed by atoms with van der Waals surface area (Å²) in [7, 11) is 1.64. The van der Waals surface area contributed by atoms with Gasteiger partial charge in [0.1, 0.15) is 5.75 Å². The minimum Gasteiger partial charge on any atom is -0.496 e. The first-order chi connectivity index (χ1) is 17.0. The molecule has 0 aliphatic rings. The molecule has 0 saturated carbocycles. The average molecular weight is 526 g/mol. The molecule has 1 amide bonds. The Morgan fingerprint density at radius 3 is 2.80 bits per heavy atom. The number of nitrogens with one attached hydrogen (secondary N) is 1. The van der Waals surface area contributed by atoms with E-state index >= 15 is 0 Å². The Labute approximate surface area is 217 Å². The van der Waals surface area contributed by atoms with Crippen molar-refractivity contribution in [3.63, 3.8) is 0 Å². The first-order valence-corrected chi connectivity index (χ1v) is 12.3. The molecule has 0 unspecified atom stereocenters. The van der Waals surface area contributed by atoms with Gasteiger partial charge in [-0.3, -0.25) is 9.48 Å². The first kappa shape index (κ1) is 24.8. The number of halogens is 2. The van der Waals surface area contributed by atoms with Gasteiger partial charge in [0.15, 0.2) is 5.69 Å². The molecule has 1 N–H and O–H groups in total. The molecule has 2 aromatic carbocycles. The number of pyridine rings is 1. The number of thioether (sulfide) groups is 1. The third-order valence-electron chi connectivity index (χ3n) is 4.92. The number of hydrogen-bond donors (Lipinski definition) is 1. The number of carbonyl (C=O) groups excluding carboxylic acids is 1. The van der Waals surface area contributed by atoms with Crippen LogP contribution in [0.1, 0.15) is 27.2 Å². The molecule has 0 saturated heterocycles. The number of hydrazone groups is 1. The second-order valence-electron chi connectivity index (χ2n) is 7.36. The number of rotatable bonds is 9. The van der Waals surface area contributed by atoms with Crippen molar-refractivity contribution >= 4 is 47.1 Å². The maximum atomic E-state index is 12.5. The van der Waals surface area contributed by atoms with Gasteiger partial charge in [0.05, 0.1) is 24.9 Å². The molecule has 2 aromatic heterocycles. The van der Waals surface area contributed by atoms with Crippen molar-refractivity contribution in [3.8, 4) is 5.75 Å². The van der Waals surface area contributed by atoms with Crippen molar-refractivity contribution < 1.29 is 9.53 Å². The zero-order valence-corrected chi connectivity index (χ0v) is 21.0. The number of nitrogens with zero attached hydrogens (tertiary/aromatic N) is 4. The molecule has 178 valence electrons.